The highest BCUT2D eigenvalue weighted by Crippen LogP contribution is 2.06. The molecule has 0 amide bonds. The van der Waals surface area contributed by atoms with Gasteiger partial charge in [0.15, 0.2) is 0 Å². The Labute approximate surface area is 111 Å². The van der Waals surface area contributed by atoms with Crippen LogP contribution < -0.4 is 0 Å². The number of carboxylic acid groups (broad SMARTS) is 1. The summed E-state index contributed by atoms with van der Waals surface area (Å²) in [7, 11) is 1.97. The van der Waals surface area contributed by atoms with E-state index in [2.05, 4.69) is 14.9 Å². The summed E-state index contributed by atoms with van der Waals surface area (Å²) in [6.07, 6.45) is 3.15. The molecule has 0 unspecified atom stereocenters. The van der Waals surface area contributed by atoms with E-state index in [0.717, 1.165) is 17.9 Å². The number of nitrogens with zero attached hydrogens (tertiary/aromatic N) is 3. The first-order chi connectivity index (χ1) is 9.15. The lowest BCUT2D eigenvalue weighted by Crippen LogP contribution is -2.18. The Balaban J connectivity index is 1.95. The highest BCUT2D eigenvalue weighted by Gasteiger charge is 2.06. The first-order valence-corrected chi connectivity index (χ1v) is 5.92. The van der Waals surface area contributed by atoms with Crippen molar-refractivity contribution in [1.82, 2.24) is 14.9 Å². The smallest absolute Gasteiger partial charge is 0.337 e. The molecule has 5 nitrogen and oxygen atoms in total. The zero-order valence-corrected chi connectivity index (χ0v) is 10.7. The molecule has 98 valence electrons. The Morgan fingerprint density at radius 1 is 1.16 bits per heavy atom. The molecule has 0 aliphatic rings. The number of rotatable bonds is 5. The number of hydrogen-bond donors (Lipinski definition) is 1. The molecular formula is C14H15N3O2. The summed E-state index contributed by atoms with van der Waals surface area (Å²) >= 11 is 0. The molecule has 2 heterocycles. The molecule has 0 fully saturated rings. The lowest BCUT2D eigenvalue weighted by atomic mass is 10.2. The van der Waals surface area contributed by atoms with Gasteiger partial charge >= 0.3 is 5.97 Å². The van der Waals surface area contributed by atoms with Gasteiger partial charge in [-0.05, 0) is 31.3 Å². The van der Waals surface area contributed by atoms with Crippen LogP contribution in [0.3, 0.4) is 0 Å². The predicted molar refractivity (Wildman–Crippen MR) is 70.6 cm³/mol. The SMILES string of the molecule is CN(Cc1ccccn1)Cc1ccc(C(=O)O)cn1. The van der Waals surface area contributed by atoms with Crippen molar-refractivity contribution in [2.75, 3.05) is 7.05 Å². The van der Waals surface area contributed by atoms with Crippen LogP contribution in [0.15, 0.2) is 42.7 Å². The molecule has 2 aromatic rings. The minimum absolute atomic E-state index is 0.205. The molecule has 0 radical (unpaired) electrons. The van der Waals surface area contributed by atoms with Crippen molar-refractivity contribution in [3.63, 3.8) is 0 Å². The Morgan fingerprint density at radius 2 is 1.89 bits per heavy atom. The number of aromatic carboxylic acids is 1. The molecule has 5 heteroatoms. The average molecular weight is 257 g/mol. The number of aromatic nitrogens is 2. The van der Waals surface area contributed by atoms with Gasteiger partial charge in [-0.1, -0.05) is 6.07 Å². The summed E-state index contributed by atoms with van der Waals surface area (Å²) in [6, 6.07) is 9.11. The number of carboxylic acids is 1. The normalized spacial score (nSPS) is 10.6. The molecule has 19 heavy (non-hydrogen) atoms. The van der Waals surface area contributed by atoms with Gasteiger partial charge in [0.25, 0.3) is 0 Å². The molecule has 0 saturated carbocycles. The van der Waals surface area contributed by atoms with E-state index < -0.39 is 5.97 Å². The summed E-state index contributed by atoms with van der Waals surface area (Å²) in [6.45, 7) is 1.37. The molecule has 0 aliphatic heterocycles. The third-order valence-corrected chi connectivity index (χ3v) is 2.66. The Morgan fingerprint density at radius 3 is 2.42 bits per heavy atom. The fourth-order valence-electron chi connectivity index (χ4n) is 1.75. The topological polar surface area (TPSA) is 66.3 Å². The van der Waals surface area contributed by atoms with Crippen molar-refractivity contribution in [1.29, 1.82) is 0 Å². The van der Waals surface area contributed by atoms with Crippen molar-refractivity contribution in [2.45, 2.75) is 13.1 Å². The quantitative estimate of drug-likeness (QED) is 0.884. The lowest BCUT2D eigenvalue weighted by Gasteiger charge is -2.15. The molecular weight excluding hydrogens is 242 g/mol. The highest BCUT2D eigenvalue weighted by atomic mass is 16.4. The minimum atomic E-state index is -0.958. The summed E-state index contributed by atoms with van der Waals surface area (Å²) in [5, 5.41) is 8.79. The Bertz CT molecular complexity index is 540. The fourth-order valence-corrected chi connectivity index (χ4v) is 1.75. The van der Waals surface area contributed by atoms with Gasteiger partial charge in [-0.25, -0.2) is 4.79 Å². The second-order valence-electron chi connectivity index (χ2n) is 4.34. The third-order valence-electron chi connectivity index (χ3n) is 2.66. The van der Waals surface area contributed by atoms with Crippen LogP contribution in [0.25, 0.3) is 0 Å². The average Bonchev–Trinajstić information content (AvgIpc) is 2.40. The molecule has 0 bridgehead atoms. The van der Waals surface area contributed by atoms with E-state index in [-0.39, 0.29) is 5.56 Å². The summed E-state index contributed by atoms with van der Waals surface area (Å²) in [5.74, 6) is -0.958. The van der Waals surface area contributed by atoms with Crippen LogP contribution >= 0.6 is 0 Å². The maximum absolute atomic E-state index is 10.7. The maximum atomic E-state index is 10.7. The Kier molecular flexibility index (Phi) is 4.20. The monoisotopic (exact) mass is 257 g/mol. The van der Waals surface area contributed by atoms with Crippen LogP contribution in [0.5, 0.6) is 0 Å². The van der Waals surface area contributed by atoms with Crippen molar-refractivity contribution in [3.8, 4) is 0 Å². The largest absolute Gasteiger partial charge is 0.478 e. The van der Waals surface area contributed by atoms with Gasteiger partial charge in [-0.3, -0.25) is 14.9 Å². The summed E-state index contributed by atoms with van der Waals surface area (Å²) in [5.41, 5.74) is 2.03. The lowest BCUT2D eigenvalue weighted by molar-refractivity contribution is 0.0696. The highest BCUT2D eigenvalue weighted by molar-refractivity contribution is 5.87. The maximum Gasteiger partial charge on any atom is 0.337 e. The van der Waals surface area contributed by atoms with Crippen LogP contribution in [0.1, 0.15) is 21.7 Å². The standard InChI is InChI=1S/C14H15N3O2/c1-17(9-12-4-2-3-7-15-12)10-13-6-5-11(8-16-13)14(18)19/h2-8H,9-10H2,1H3,(H,18,19). The third kappa shape index (κ3) is 3.86. The van der Waals surface area contributed by atoms with E-state index >= 15 is 0 Å². The molecule has 0 atom stereocenters. The van der Waals surface area contributed by atoms with E-state index in [1.54, 1.807) is 18.3 Å². The summed E-state index contributed by atoms with van der Waals surface area (Å²) < 4.78 is 0. The van der Waals surface area contributed by atoms with E-state index in [1.807, 2.05) is 25.2 Å². The van der Waals surface area contributed by atoms with Crippen LogP contribution in [0.4, 0.5) is 0 Å². The number of pyridine rings is 2. The van der Waals surface area contributed by atoms with Crippen molar-refractivity contribution in [2.24, 2.45) is 0 Å². The fraction of sp³-hybridized carbons (Fsp3) is 0.214. The van der Waals surface area contributed by atoms with Gasteiger partial charge in [0.2, 0.25) is 0 Å². The van der Waals surface area contributed by atoms with E-state index in [1.165, 1.54) is 6.20 Å². The second-order valence-corrected chi connectivity index (χ2v) is 4.34. The van der Waals surface area contributed by atoms with Gasteiger partial charge in [0.1, 0.15) is 0 Å². The van der Waals surface area contributed by atoms with Crippen LogP contribution in [-0.2, 0) is 13.1 Å². The summed E-state index contributed by atoms with van der Waals surface area (Å²) in [4.78, 5) is 21.2. The van der Waals surface area contributed by atoms with Crippen molar-refractivity contribution < 1.29 is 9.90 Å². The minimum Gasteiger partial charge on any atom is -0.478 e. The molecule has 0 spiro atoms. The molecule has 2 aromatic heterocycles. The van der Waals surface area contributed by atoms with Crippen LogP contribution in [-0.4, -0.2) is 33.0 Å². The van der Waals surface area contributed by atoms with E-state index in [0.29, 0.717) is 6.54 Å². The number of carbonyl (C=O) groups is 1. The van der Waals surface area contributed by atoms with Gasteiger partial charge in [0, 0.05) is 25.5 Å². The van der Waals surface area contributed by atoms with Crippen LogP contribution in [0, 0.1) is 0 Å². The van der Waals surface area contributed by atoms with Crippen LogP contribution in [0.2, 0.25) is 0 Å². The van der Waals surface area contributed by atoms with Crippen molar-refractivity contribution >= 4 is 5.97 Å². The van der Waals surface area contributed by atoms with Gasteiger partial charge < -0.3 is 5.11 Å². The van der Waals surface area contributed by atoms with Crippen molar-refractivity contribution in [3.05, 3.63) is 59.7 Å². The number of hydrogen-bond acceptors (Lipinski definition) is 4. The molecule has 2 rings (SSSR count). The molecule has 0 aliphatic carbocycles. The van der Waals surface area contributed by atoms with E-state index in [4.69, 9.17) is 5.11 Å². The zero-order chi connectivity index (χ0) is 13.7. The second kappa shape index (κ2) is 6.06. The molecule has 0 aromatic carbocycles. The first-order valence-electron chi connectivity index (χ1n) is 5.92. The molecule has 0 saturated heterocycles. The van der Waals surface area contributed by atoms with Gasteiger partial charge in [-0.2, -0.15) is 0 Å². The molecule has 1 N–H and O–H groups in total. The van der Waals surface area contributed by atoms with E-state index in [9.17, 15) is 4.79 Å². The zero-order valence-electron chi connectivity index (χ0n) is 10.7. The van der Waals surface area contributed by atoms with Gasteiger partial charge in [-0.15, -0.1) is 0 Å². The van der Waals surface area contributed by atoms with Gasteiger partial charge in [0.05, 0.1) is 17.0 Å². The predicted octanol–water partition coefficient (Wildman–Crippen LogP) is 1.81. The first kappa shape index (κ1) is 13.2. The Hall–Kier alpha value is -2.27.